The van der Waals surface area contributed by atoms with E-state index in [1.54, 1.807) is 0 Å². The lowest BCUT2D eigenvalue weighted by atomic mass is 10.2. The lowest BCUT2D eigenvalue weighted by molar-refractivity contribution is 0.102. The van der Waals surface area contributed by atoms with E-state index >= 15 is 0 Å². The van der Waals surface area contributed by atoms with Crippen LogP contribution in [0.4, 0.5) is 10.1 Å². The van der Waals surface area contributed by atoms with E-state index in [0.29, 0.717) is 11.6 Å². The van der Waals surface area contributed by atoms with Crippen LogP contribution in [0.3, 0.4) is 0 Å². The lowest BCUT2D eigenvalue weighted by Crippen LogP contribution is -2.13. The minimum absolute atomic E-state index is 0.232. The Balaban J connectivity index is 1.81. The molecule has 3 rings (SSSR count). The van der Waals surface area contributed by atoms with E-state index in [9.17, 15) is 9.18 Å². The van der Waals surface area contributed by atoms with Gasteiger partial charge >= 0.3 is 0 Å². The van der Waals surface area contributed by atoms with Gasteiger partial charge in [0.15, 0.2) is 0 Å². The van der Waals surface area contributed by atoms with Crippen LogP contribution in [0.25, 0.3) is 5.95 Å². The Kier molecular flexibility index (Phi) is 4.07. The fraction of sp³-hybridized carbons (Fsp3) is 0.176. The number of hydrogen-bond donors (Lipinski definition) is 1. The Morgan fingerprint density at radius 2 is 1.88 bits per heavy atom. The number of carbonyl (C=O) groups is 1. The Bertz CT molecular complexity index is 902. The number of rotatable bonds is 3. The summed E-state index contributed by atoms with van der Waals surface area (Å²) in [5, 5.41) is 2.64. The predicted molar refractivity (Wildman–Crippen MR) is 87.7 cm³/mol. The molecule has 2 heterocycles. The quantitative estimate of drug-likeness (QED) is 0.803. The number of aryl methyl sites for hydroxylation is 2. The van der Waals surface area contributed by atoms with E-state index in [-0.39, 0.29) is 5.56 Å². The first-order valence-corrected chi connectivity index (χ1v) is 7.37. The first kappa shape index (κ1) is 15.8. The molecule has 24 heavy (non-hydrogen) atoms. The van der Waals surface area contributed by atoms with E-state index in [4.69, 9.17) is 0 Å². The number of benzene rings is 1. The molecular weight excluding hydrogens is 309 g/mol. The van der Waals surface area contributed by atoms with Gasteiger partial charge in [-0.2, -0.15) is 0 Å². The van der Waals surface area contributed by atoms with Crippen LogP contribution in [-0.4, -0.2) is 25.4 Å². The van der Waals surface area contributed by atoms with Gasteiger partial charge in [0.05, 0.1) is 23.8 Å². The summed E-state index contributed by atoms with van der Waals surface area (Å²) in [6.45, 7) is 5.74. The molecule has 0 unspecified atom stereocenters. The van der Waals surface area contributed by atoms with Crippen molar-refractivity contribution in [2.45, 2.75) is 20.8 Å². The third-order valence-corrected chi connectivity index (χ3v) is 3.70. The minimum atomic E-state index is -0.462. The smallest absolute Gasteiger partial charge is 0.255 e. The Labute approximate surface area is 138 Å². The maximum absolute atomic E-state index is 13.2. The zero-order valence-electron chi connectivity index (χ0n) is 13.5. The Morgan fingerprint density at radius 3 is 2.46 bits per heavy atom. The van der Waals surface area contributed by atoms with Crippen LogP contribution in [0.2, 0.25) is 0 Å². The maximum atomic E-state index is 13.2. The van der Waals surface area contributed by atoms with Crippen LogP contribution < -0.4 is 5.32 Å². The monoisotopic (exact) mass is 325 g/mol. The topological polar surface area (TPSA) is 72.7 Å². The molecule has 1 amide bonds. The van der Waals surface area contributed by atoms with Crippen molar-refractivity contribution in [1.29, 1.82) is 0 Å². The molecule has 1 aromatic carbocycles. The number of nitrogens with zero attached hydrogens (tertiary/aromatic N) is 4. The lowest BCUT2D eigenvalue weighted by Gasteiger charge is -2.08. The van der Waals surface area contributed by atoms with Gasteiger partial charge in [-0.15, -0.1) is 0 Å². The van der Waals surface area contributed by atoms with Crippen molar-refractivity contribution < 1.29 is 9.18 Å². The molecule has 0 radical (unpaired) electrons. The van der Waals surface area contributed by atoms with Crippen LogP contribution >= 0.6 is 0 Å². The third-order valence-electron chi connectivity index (χ3n) is 3.70. The number of hydrogen-bond acceptors (Lipinski definition) is 4. The fourth-order valence-electron chi connectivity index (χ4n) is 2.41. The van der Waals surface area contributed by atoms with Gasteiger partial charge in [0, 0.05) is 11.3 Å². The molecule has 0 aliphatic heterocycles. The van der Waals surface area contributed by atoms with Gasteiger partial charge in [-0.25, -0.2) is 19.3 Å². The summed E-state index contributed by atoms with van der Waals surface area (Å²) in [6.07, 6.45) is 3.02. The summed E-state index contributed by atoms with van der Waals surface area (Å²) in [4.78, 5) is 25.0. The van der Waals surface area contributed by atoms with E-state index < -0.39 is 11.7 Å². The molecule has 122 valence electrons. The van der Waals surface area contributed by atoms with E-state index in [1.165, 1.54) is 36.7 Å². The number of nitrogens with one attached hydrogen (secondary N) is 1. The van der Waals surface area contributed by atoms with Gasteiger partial charge in [0.2, 0.25) is 5.95 Å². The second kappa shape index (κ2) is 6.19. The number of halogens is 1. The summed E-state index contributed by atoms with van der Waals surface area (Å²) in [6, 6.07) is 5.48. The van der Waals surface area contributed by atoms with Crippen molar-refractivity contribution >= 4 is 11.6 Å². The third kappa shape index (κ3) is 3.01. The highest BCUT2D eigenvalue weighted by molar-refractivity contribution is 6.04. The van der Waals surface area contributed by atoms with Crippen molar-refractivity contribution in [1.82, 2.24) is 19.5 Å². The number of imidazole rings is 1. The fourth-order valence-corrected chi connectivity index (χ4v) is 2.41. The summed E-state index contributed by atoms with van der Waals surface area (Å²) in [7, 11) is 0. The highest BCUT2D eigenvalue weighted by Gasteiger charge is 2.12. The summed E-state index contributed by atoms with van der Waals surface area (Å²) < 4.78 is 15.0. The predicted octanol–water partition coefficient (Wildman–Crippen LogP) is 2.98. The van der Waals surface area contributed by atoms with E-state index in [1.807, 2.05) is 25.3 Å². The van der Waals surface area contributed by atoms with Gasteiger partial charge < -0.3 is 5.32 Å². The van der Waals surface area contributed by atoms with Crippen LogP contribution in [0.5, 0.6) is 0 Å². The van der Waals surface area contributed by atoms with Crippen molar-refractivity contribution in [3.63, 3.8) is 0 Å². The average Bonchev–Trinajstić information content (AvgIpc) is 2.81. The highest BCUT2D eigenvalue weighted by Crippen LogP contribution is 2.15. The zero-order chi connectivity index (χ0) is 17.3. The molecule has 0 saturated carbocycles. The first-order valence-electron chi connectivity index (χ1n) is 7.37. The SMILES string of the molecule is Cc1nc(C)n(-c2ncc(NC(=O)c3cccc(F)c3)cn2)c1C. The average molecular weight is 325 g/mol. The molecular formula is C17H16FN5O. The number of aromatic nitrogens is 4. The van der Waals surface area contributed by atoms with Gasteiger partial charge in [-0.3, -0.25) is 9.36 Å². The van der Waals surface area contributed by atoms with Crippen molar-refractivity contribution in [3.05, 3.63) is 65.3 Å². The largest absolute Gasteiger partial charge is 0.319 e. The highest BCUT2D eigenvalue weighted by atomic mass is 19.1. The van der Waals surface area contributed by atoms with Gasteiger partial charge in [-0.1, -0.05) is 6.07 Å². The number of carbonyl (C=O) groups excluding carboxylic acids is 1. The van der Waals surface area contributed by atoms with E-state index in [0.717, 1.165) is 17.2 Å². The Hall–Kier alpha value is -3.09. The van der Waals surface area contributed by atoms with Crippen LogP contribution in [0.15, 0.2) is 36.7 Å². The molecule has 0 atom stereocenters. The van der Waals surface area contributed by atoms with Gasteiger partial charge in [0.25, 0.3) is 5.91 Å². The summed E-state index contributed by atoms with van der Waals surface area (Å²) >= 11 is 0. The normalized spacial score (nSPS) is 10.7. The maximum Gasteiger partial charge on any atom is 0.255 e. The summed E-state index contributed by atoms with van der Waals surface area (Å²) in [5.74, 6) is 0.392. The molecule has 0 aliphatic carbocycles. The van der Waals surface area contributed by atoms with Crippen molar-refractivity contribution in [3.8, 4) is 5.95 Å². The molecule has 0 fully saturated rings. The number of anilines is 1. The molecule has 2 aromatic heterocycles. The van der Waals surface area contributed by atoms with Crippen LogP contribution in [0, 0.1) is 26.6 Å². The molecule has 0 bridgehead atoms. The van der Waals surface area contributed by atoms with Crippen molar-refractivity contribution in [2.24, 2.45) is 0 Å². The summed E-state index contributed by atoms with van der Waals surface area (Å²) in [5.41, 5.74) is 2.54. The second-order valence-corrected chi connectivity index (χ2v) is 5.40. The molecule has 0 aliphatic rings. The number of amides is 1. The molecule has 1 N–H and O–H groups in total. The minimum Gasteiger partial charge on any atom is -0.319 e. The van der Waals surface area contributed by atoms with E-state index in [2.05, 4.69) is 20.3 Å². The Morgan fingerprint density at radius 1 is 1.17 bits per heavy atom. The van der Waals surface area contributed by atoms with Crippen LogP contribution in [-0.2, 0) is 0 Å². The molecule has 7 heteroatoms. The first-order chi connectivity index (χ1) is 11.5. The molecule has 3 aromatic rings. The molecule has 0 saturated heterocycles. The van der Waals surface area contributed by atoms with Gasteiger partial charge in [0.1, 0.15) is 11.6 Å². The molecule has 6 nitrogen and oxygen atoms in total. The van der Waals surface area contributed by atoms with Crippen LogP contribution in [0.1, 0.15) is 27.6 Å². The van der Waals surface area contributed by atoms with Gasteiger partial charge in [-0.05, 0) is 39.0 Å². The second-order valence-electron chi connectivity index (χ2n) is 5.40. The molecule has 0 spiro atoms. The zero-order valence-corrected chi connectivity index (χ0v) is 13.5. The standard InChI is InChI=1S/C17H16FN5O/c1-10-11(2)23(12(3)21-10)17-19-8-15(9-20-17)22-16(24)13-5-4-6-14(18)7-13/h4-9H,1-3H3,(H,22,24). The van der Waals surface area contributed by atoms with Crippen molar-refractivity contribution in [2.75, 3.05) is 5.32 Å².